The first-order valence-electron chi connectivity index (χ1n) is 8.88. The summed E-state index contributed by atoms with van der Waals surface area (Å²) in [5, 5.41) is 2.11. The SMILES string of the molecule is COCCCN1C(=O)/C(=C\c2cccc3ccccc23)C(C(=O)OC)=C1C. The Balaban J connectivity index is 2.07. The van der Waals surface area contributed by atoms with E-state index in [0.29, 0.717) is 36.4 Å². The molecule has 5 nitrogen and oxygen atoms in total. The number of amides is 1. The van der Waals surface area contributed by atoms with Gasteiger partial charge in [0.05, 0.1) is 18.3 Å². The number of benzene rings is 2. The van der Waals surface area contributed by atoms with Gasteiger partial charge in [-0.15, -0.1) is 0 Å². The Hall–Kier alpha value is -2.92. The van der Waals surface area contributed by atoms with Crippen molar-refractivity contribution in [3.8, 4) is 0 Å². The second-order valence-corrected chi connectivity index (χ2v) is 6.38. The number of carbonyl (C=O) groups is 2. The van der Waals surface area contributed by atoms with Crippen LogP contribution in [0.1, 0.15) is 18.9 Å². The summed E-state index contributed by atoms with van der Waals surface area (Å²) in [7, 11) is 2.95. The molecule has 1 heterocycles. The summed E-state index contributed by atoms with van der Waals surface area (Å²) >= 11 is 0. The molecule has 2 aromatic carbocycles. The van der Waals surface area contributed by atoms with Gasteiger partial charge < -0.3 is 14.4 Å². The van der Waals surface area contributed by atoms with Crippen LogP contribution in [0.5, 0.6) is 0 Å². The molecule has 0 saturated carbocycles. The molecular weight excluding hydrogens is 342 g/mol. The number of carbonyl (C=O) groups excluding carboxylic acids is 2. The van der Waals surface area contributed by atoms with Crippen LogP contribution >= 0.6 is 0 Å². The summed E-state index contributed by atoms with van der Waals surface area (Å²) in [4.78, 5) is 27.1. The van der Waals surface area contributed by atoms with Gasteiger partial charge in [-0.25, -0.2) is 4.79 Å². The third-order valence-electron chi connectivity index (χ3n) is 4.75. The minimum absolute atomic E-state index is 0.183. The van der Waals surface area contributed by atoms with Crippen molar-refractivity contribution in [1.82, 2.24) is 4.90 Å². The predicted molar refractivity (Wildman–Crippen MR) is 105 cm³/mol. The van der Waals surface area contributed by atoms with E-state index in [2.05, 4.69) is 0 Å². The van der Waals surface area contributed by atoms with Crippen LogP contribution < -0.4 is 0 Å². The Morgan fingerprint density at radius 3 is 2.59 bits per heavy atom. The number of fused-ring (bicyclic) bond motifs is 1. The van der Waals surface area contributed by atoms with Crippen molar-refractivity contribution in [2.24, 2.45) is 0 Å². The zero-order valence-electron chi connectivity index (χ0n) is 15.8. The van der Waals surface area contributed by atoms with Gasteiger partial charge in [-0.3, -0.25) is 4.79 Å². The van der Waals surface area contributed by atoms with E-state index in [9.17, 15) is 9.59 Å². The molecule has 2 aromatic rings. The summed E-state index contributed by atoms with van der Waals surface area (Å²) < 4.78 is 10.0. The highest BCUT2D eigenvalue weighted by Crippen LogP contribution is 2.33. The molecule has 0 radical (unpaired) electrons. The van der Waals surface area contributed by atoms with Crippen molar-refractivity contribution >= 4 is 28.7 Å². The summed E-state index contributed by atoms with van der Waals surface area (Å²) in [5.41, 5.74) is 2.21. The number of rotatable bonds is 6. The standard InChI is InChI=1S/C22H23NO4/c1-15-20(22(25)27-3)19(21(24)23(15)12-7-13-26-2)14-17-10-6-9-16-8-4-5-11-18(16)17/h4-6,8-11,14H,7,12-13H2,1-3H3/b19-14-. The van der Waals surface area contributed by atoms with Gasteiger partial charge in [-0.2, -0.15) is 0 Å². The first-order valence-corrected chi connectivity index (χ1v) is 8.88. The number of esters is 1. The van der Waals surface area contributed by atoms with Crippen molar-refractivity contribution in [3.05, 3.63) is 64.9 Å². The summed E-state index contributed by atoms with van der Waals surface area (Å²) in [6.07, 6.45) is 2.48. The average molecular weight is 365 g/mol. The minimum atomic E-state index is -0.499. The smallest absolute Gasteiger partial charge is 0.340 e. The zero-order chi connectivity index (χ0) is 19.4. The number of hydrogen-bond donors (Lipinski definition) is 0. The first kappa shape index (κ1) is 18.9. The maximum absolute atomic E-state index is 13.0. The fraction of sp³-hybridized carbons (Fsp3) is 0.273. The maximum Gasteiger partial charge on any atom is 0.340 e. The lowest BCUT2D eigenvalue weighted by atomic mass is 9.99. The van der Waals surface area contributed by atoms with Gasteiger partial charge in [0.2, 0.25) is 0 Å². The molecule has 5 heteroatoms. The van der Waals surface area contributed by atoms with Crippen molar-refractivity contribution in [1.29, 1.82) is 0 Å². The van der Waals surface area contributed by atoms with Gasteiger partial charge in [-0.1, -0.05) is 42.5 Å². The predicted octanol–water partition coefficient (Wildman–Crippen LogP) is 3.55. The third-order valence-corrected chi connectivity index (χ3v) is 4.75. The molecule has 0 saturated heterocycles. The third kappa shape index (κ3) is 3.64. The lowest BCUT2D eigenvalue weighted by molar-refractivity contribution is -0.136. The topological polar surface area (TPSA) is 55.8 Å². The van der Waals surface area contributed by atoms with Gasteiger partial charge in [0.15, 0.2) is 0 Å². The van der Waals surface area contributed by atoms with Crippen LogP contribution in [0.15, 0.2) is 59.3 Å². The minimum Gasteiger partial charge on any atom is -0.465 e. The molecule has 1 aliphatic rings. The monoisotopic (exact) mass is 365 g/mol. The van der Waals surface area contributed by atoms with E-state index < -0.39 is 5.97 Å². The summed E-state index contributed by atoms with van der Waals surface area (Å²) in [5.74, 6) is -0.682. The molecule has 0 bridgehead atoms. The fourth-order valence-corrected chi connectivity index (χ4v) is 3.40. The Morgan fingerprint density at radius 1 is 1.11 bits per heavy atom. The largest absolute Gasteiger partial charge is 0.465 e. The molecule has 27 heavy (non-hydrogen) atoms. The highest BCUT2D eigenvalue weighted by molar-refractivity contribution is 6.17. The normalized spacial score (nSPS) is 15.9. The van der Waals surface area contributed by atoms with Gasteiger partial charge in [0.25, 0.3) is 5.91 Å². The van der Waals surface area contributed by atoms with Crippen molar-refractivity contribution in [2.45, 2.75) is 13.3 Å². The van der Waals surface area contributed by atoms with Crippen LogP contribution in [0.4, 0.5) is 0 Å². The van der Waals surface area contributed by atoms with Gasteiger partial charge in [0, 0.05) is 26.0 Å². The Morgan fingerprint density at radius 2 is 1.85 bits per heavy atom. The number of methoxy groups -OCH3 is 2. The van der Waals surface area contributed by atoms with Crippen molar-refractivity contribution < 1.29 is 19.1 Å². The van der Waals surface area contributed by atoms with Gasteiger partial charge >= 0.3 is 5.97 Å². The highest BCUT2D eigenvalue weighted by Gasteiger charge is 2.36. The maximum atomic E-state index is 13.0. The van der Waals surface area contributed by atoms with E-state index in [1.54, 1.807) is 25.0 Å². The van der Waals surface area contributed by atoms with E-state index in [0.717, 1.165) is 16.3 Å². The van der Waals surface area contributed by atoms with E-state index in [-0.39, 0.29) is 5.91 Å². The van der Waals surface area contributed by atoms with Crippen LogP contribution in [0.3, 0.4) is 0 Å². The Bertz CT molecular complexity index is 937. The quantitative estimate of drug-likeness (QED) is 0.446. The molecule has 0 aromatic heterocycles. The van der Waals surface area contributed by atoms with Crippen LogP contribution in [-0.2, 0) is 19.1 Å². The Kier molecular flexibility index (Phi) is 5.72. The highest BCUT2D eigenvalue weighted by atomic mass is 16.5. The number of ether oxygens (including phenoxy) is 2. The van der Waals surface area contributed by atoms with E-state index in [1.807, 2.05) is 42.5 Å². The molecule has 0 atom stereocenters. The second-order valence-electron chi connectivity index (χ2n) is 6.38. The molecule has 0 unspecified atom stereocenters. The molecular formula is C22H23NO4. The molecule has 0 fully saturated rings. The summed E-state index contributed by atoms with van der Waals surface area (Å²) in [6.45, 7) is 2.82. The summed E-state index contributed by atoms with van der Waals surface area (Å²) in [6, 6.07) is 13.9. The molecule has 0 N–H and O–H groups in total. The second kappa shape index (κ2) is 8.18. The lowest BCUT2D eigenvalue weighted by Gasteiger charge is -2.17. The molecule has 1 aliphatic heterocycles. The van der Waals surface area contributed by atoms with Crippen molar-refractivity contribution in [3.63, 3.8) is 0 Å². The number of allylic oxidation sites excluding steroid dienone is 1. The van der Waals surface area contributed by atoms with E-state index in [1.165, 1.54) is 7.11 Å². The van der Waals surface area contributed by atoms with Crippen molar-refractivity contribution in [2.75, 3.05) is 27.4 Å². The van der Waals surface area contributed by atoms with Gasteiger partial charge in [-0.05, 0) is 35.8 Å². The molecule has 3 rings (SSSR count). The number of nitrogens with zero attached hydrogens (tertiary/aromatic N) is 1. The molecule has 1 amide bonds. The van der Waals surface area contributed by atoms with Crippen LogP contribution in [0.2, 0.25) is 0 Å². The van der Waals surface area contributed by atoms with E-state index >= 15 is 0 Å². The number of hydrogen-bond acceptors (Lipinski definition) is 4. The van der Waals surface area contributed by atoms with Gasteiger partial charge in [0.1, 0.15) is 0 Å². The molecule has 0 aliphatic carbocycles. The zero-order valence-corrected chi connectivity index (χ0v) is 15.8. The fourth-order valence-electron chi connectivity index (χ4n) is 3.40. The Labute approximate surface area is 158 Å². The van der Waals surface area contributed by atoms with Crippen LogP contribution in [0, 0.1) is 0 Å². The van der Waals surface area contributed by atoms with Crippen LogP contribution in [-0.4, -0.2) is 44.1 Å². The molecule has 140 valence electrons. The first-order chi connectivity index (χ1) is 13.1. The van der Waals surface area contributed by atoms with Crippen LogP contribution in [0.25, 0.3) is 16.8 Å². The van der Waals surface area contributed by atoms with E-state index in [4.69, 9.17) is 9.47 Å². The lowest BCUT2D eigenvalue weighted by Crippen LogP contribution is -2.26. The average Bonchev–Trinajstić information content (AvgIpc) is 2.92. The molecule has 0 spiro atoms.